The first-order valence-electron chi connectivity index (χ1n) is 8.57. The molecule has 0 bridgehead atoms. The van der Waals surface area contributed by atoms with Crippen LogP contribution in [0.5, 0.6) is 5.75 Å². The van der Waals surface area contributed by atoms with Gasteiger partial charge in [0, 0.05) is 24.9 Å². The Balaban J connectivity index is 1.63. The lowest BCUT2D eigenvalue weighted by Gasteiger charge is -2.34. The van der Waals surface area contributed by atoms with Gasteiger partial charge in [-0.25, -0.2) is 0 Å². The highest BCUT2D eigenvalue weighted by molar-refractivity contribution is 5.79. The number of carbonyl (C=O) groups excluding carboxylic acids is 1. The van der Waals surface area contributed by atoms with Crippen molar-refractivity contribution in [3.63, 3.8) is 0 Å². The van der Waals surface area contributed by atoms with E-state index in [1.54, 1.807) is 12.1 Å². The predicted molar refractivity (Wildman–Crippen MR) is 83.6 cm³/mol. The van der Waals surface area contributed by atoms with Gasteiger partial charge in [0.25, 0.3) is 0 Å². The zero-order valence-electron chi connectivity index (χ0n) is 13.5. The Hall–Kier alpha value is -1.72. The average molecular weight is 341 g/mol. The van der Waals surface area contributed by atoms with E-state index in [1.807, 2.05) is 4.90 Å². The second-order valence-electron chi connectivity index (χ2n) is 6.72. The number of likely N-dealkylation sites (tertiary alicyclic amines) is 1. The average Bonchev–Trinajstić information content (AvgIpc) is 3.08. The van der Waals surface area contributed by atoms with Gasteiger partial charge < -0.3 is 9.64 Å². The van der Waals surface area contributed by atoms with Crippen molar-refractivity contribution < 1.29 is 22.7 Å². The van der Waals surface area contributed by atoms with Gasteiger partial charge >= 0.3 is 6.36 Å². The highest BCUT2D eigenvalue weighted by atomic mass is 19.4. The molecule has 1 saturated heterocycles. The smallest absolute Gasteiger partial charge is 0.406 e. The van der Waals surface area contributed by atoms with Gasteiger partial charge in [-0.15, -0.1) is 13.2 Å². The first-order chi connectivity index (χ1) is 11.4. The van der Waals surface area contributed by atoms with Gasteiger partial charge in [-0.05, 0) is 43.4 Å². The van der Waals surface area contributed by atoms with Gasteiger partial charge in [-0.1, -0.05) is 25.0 Å². The van der Waals surface area contributed by atoms with Crippen LogP contribution in [0.1, 0.15) is 50.0 Å². The molecule has 2 fully saturated rings. The van der Waals surface area contributed by atoms with Gasteiger partial charge in [-0.2, -0.15) is 0 Å². The first kappa shape index (κ1) is 17.1. The van der Waals surface area contributed by atoms with Gasteiger partial charge in [0.2, 0.25) is 5.91 Å². The number of benzene rings is 1. The second kappa shape index (κ2) is 7.03. The quantitative estimate of drug-likeness (QED) is 0.811. The Labute approximate surface area is 139 Å². The third kappa shape index (κ3) is 4.22. The minimum absolute atomic E-state index is 0.173. The summed E-state index contributed by atoms with van der Waals surface area (Å²) >= 11 is 0. The van der Waals surface area contributed by atoms with Crippen LogP contribution in [0.4, 0.5) is 13.2 Å². The van der Waals surface area contributed by atoms with Crippen molar-refractivity contribution in [3.05, 3.63) is 29.8 Å². The molecule has 1 aromatic carbocycles. The van der Waals surface area contributed by atoms with E-state index >= 15 is 0 Å². The van der Waals surface area contributed by atoms with Gasteiger partial charge in [0.1, 0.15) is 5.75 Å². The van der Waals surface area contributed by atoms with Crippen LogP contribution in [0.3, 0.4) is 0 Å². The number of halogens is 3. The highest BCUT2D eigenvalue weighted by Gasteiger charge is 2.32. The van der Waals surface area contributed by atoms with Crippen LogP contribution in [-0.2, 0) is 4.79 Å². The van der Waals surface area contributed by atoms with Gasteiger partial charge in [0.05, 0.1) is 0 Å². The minimum Gasteiger partial charge on any atom is -0.406 e. The molecular weight excluding hydrogens is 319 g/mol. The lowest BCUT2D eigenvalue weighted by molar-refractivity contribution is -0.274. The van der Waals surface area contributed by atoms with Crippen molar-refractivity contribution in [2.75, 3.05) is 13.1 Å². The molecule has 1 amide bonds. The number of hydrogen-bond acceptors (Lipinski definition) is 2. The van der Waals surface area contributed by atoms with E-state index in [-0.39, 0.29) is 23.5 Å². The van der Waals surface area contributed by atoms with Crippen molar-refractivity contribution in [2.24, 2.45) is 5.92 Å². The molecule has 3 nitrogen and oxygen atoms in total. The SMILES string of the molecule is O=C(C1CCCC1)N1CCCC(c2ccc(OC(F)(F)F)cc2)C1. The molecule has 0 N–H and O–H groups in total. The van der Waals surface area contributed by atoms with Crippen molar-refractivity contribution >= 4 is 5.91 Å². The normalized spacial score (nSPS) is 22.6. The van der Waals surface area contributed by atoms with Crippen LogP contribution in [0.15, 0.2) is 24.3 Å². The molecule has 1 aliphatic carbocycles. The zero-order chi connectivity index (χ0) is 17.2. The summed E-state index contributed by atoms with van der Waals surface area (Å²) in [5.74, 6) is 0.408. The number of nitrogens with zero attached hydrogens (tertiary/aromatic N) is 1. The number of piperidine rings is 1. The third-order valence-corrected chi connectivity index (χ3v) is 5.02. The summed E-state index contributed by atoms with van der Waals surface area (Å²) in [6.45, 7) is 1.45. The Morgan fingerprint density at radius 2 is 1.71 bits per heavy atom. The Morgan fingerprint density at radius 1 is 1.04 bits per heavy atom. The number of hydrogen-bond donors (Lipinski definition) is 0. The summed E-state index contributed by atoms with van der Waals surface area (Å²) in [5.41, 5.74) is 0.966. The molecule has 132 valence electrons. The molecule has 1 heterocycles. The van der Waals surface area contributed by atoms with Gasteiger partial charge in [-0.3, -0.25) is 4.79 Å². The van der Waals surface area contributed by atoms with E-state index in [0.717, 1.165) is 50.6 Å². The van der Waals surface area contributed by atoms with Crippen molar-refractivity contribution in [2.45, 2.75) is 50.8 Å². The molecule has 1 unspecified atom stereocenters. The Kier molecular flexibility index (Phi) is 5.01. The maximum Gasteiger partial charge on any atom is 0.573 e. The minimum atomic E-state index is -4.67. The summed E-state index contributed by atoms with van der Waals surface area (Å²) in [5, 5.41) is 0. The largest absolute Gasteiger partial charge is 0.573 e. The number of carbonyl (C=O) groups is 1. The van der Waals surface area contributed by atoms with E-state index in [0.29, 0.717) is 6.54 Å². The van der Waals surface area contributed by atoms with Crippen LogP contribution < -0.4 is 4.74 Å². The first-order valence-corrected chi connectivity index (χ1v) is 8.57. The Morgan fingerprint density at radius 3 is 2.33 bits per heavy atom. The van der Waals surface area contributed by atoms with Crippen LogP contribution in [0, 0.1) is 5.92 Å². The van der Waals surface area contributed by atoms with E-state index in [2.05, 4.69) is 4.74 Å². The van der Waals surface area contributed by atoms with Crippen molar-refractivity contribution in [1.82, 2.24) is 4.90 Å². The van der Waals surface area contributed by atoms with Crippen molar-refractivity contribution in [3.8, 4) is 5.75 Å². The topological polar surface area (TPSA) is 29.5 Å². The van der Waals surface area contributed by atoms with Crippen LogP contribution >= 0.6 is 0 Å². The number of rotatable bonds is 3. The van der Waals surface area contributed by atoms with E-state index < -0.39 is 6.36 Å². The summed E-state index contributed by atoms with van der Waals surface area (Å²) in [4.78, 5) is 14.5. The molecule has 0 radical (unpaired) electrons. The molecule has 24 heavy (non-hydrogen) atoms. The lowest BCUT2D eigenvalue weighted by Crippen LogP contribution is -2.41. The molecule has 2 aliphatic rings. The lowest BCUT2D eigenvalue weighted by atomic mass is 9.90. The molecule has 6 heteroatoms. The van der Waals surface area contributed by atoms with Gasteiger partial charge in [0.15, 0.2) is 0 Å². The zero-order valence-corrected chi connectivity index (χ0v) is 13.5. The molecule has 0 aromatic heterocycles. The Bertz CT molecular complexity index is 565. The van der Waals surface area contributed by atoms with Crippen molar-refractivity contribution in [1.29, 1.82) is 0 Å². The third-order valence-electron chi connectivity index (χ3n) is 5.02. The van der Waals surface area contributed by atoms with Crippen LogP contribution in [-0.4, -0.2) is 30.3 Å². The number of alkyl halides is 3. The fourth-order valence-corrected chi connectivity index (χ4v) is 3.82. The van der Waals surface area contributed by atoms with E-state index in [1.165, 1.54) is 12.1 Å². The molecule has 1 atom stereocenters. The van der Waals surface area contributed by atoms with E-state index in [9.17, 15) is 18.0 Å². The fourth-order valence-electron chi connectivity index (χ4n) is 3.82. The molecular formula is C18H22F3NO2. The highest BCUT2D eigenvalue weighted by Crippen LogP contribution is 2.32. The van der Waals surface area contributed by atoms with Crippen LogP contribution in [0.25, 0.3) is 0 Å². The van der Waals surface area contributed by atoms with Crippen LogP contribution in [0.2, 0.25) is 0 Å². The van der Waals surface area contributed by atoms with E-state index in [4.69, 9.17) is 0 Å². The standard InChI is InChI=1S/C18H22F3NO2/c19-18(20,21)24-16-9-7-13(8-10-16)15-6-3-11-22(12-15)17(23)14-4-1-2-5-14/h7-10,14-15H,1-6,11-12H2. The molecule has 1 aromatic rings. The summed E-state index contributed by atoms with van der Waals surface area (Å²) < 4.78 is 40.6. The maximum absolute atomic E-state index is 12.6. The molecule has 0 spiro atoms. The summed E-state index contributed by atoms with van der Waals surface area (Å²) in [6, 6.07) is 6.05. The number of amides is 1. The monoisotopic (exact) mass is 341 g/mol. The molecule has 3 rings (SSSR count). The second-order valence-corrected chi connectivity index (χ2v) is 6.72. The predicted octanol–water partition coefficient (Wildman–Crippen LogP) is 4.48. The molecule has 1 aliphatic heterocycles. The fraction of sp³-hybridized carbons (Fsp3) is 0.611. The molecule has 1 saturated carbocycles. The summed E-state index contributed by atoms with van der Waals surface area (Å²) in [6.07, 6.45) is 1.46. The maximum atomic E-state index is 12.6. The summed E-state index contributed by atoms with van der Waals surface area (Å²) in [7, 11) is 0. The number of ether oxygens (including phenoxy) is 1.